The molecule has 3 rings (SSSR count). The van der Waals surface area contributed by atoms with Gasteiger partial charge in [0.2, 0.25) is 0 Å². The molecule has 0 spiro atoms. The van der Waals surface area contributed by atoms with Gasteiger partial charge in [0.05, 0.1) is 6.04 Å². The van der Waals surface area contributed by atoms with E-state index in [0.717, 1.165) is 36.3 Å². The van der Waals surface area contributed by atoms with Crippen molar-refractivity contribution >= 4 is 5.91 Å². The van der Waals surface area contributed by atoms with Gasteiger partial charge in [-0.15, -0.1) is 0 Å². The summed E-state index contributed by atoms with van der Waals surface area (Å²) in [4.78, 5) is 19.9. The van der Waals surface area contributed by atoms with Crippen LogP contribution in [-0.4, -0.2) is 25.7 Å². The normalized spacial score (nSPS) is 15.6. The number of hydrogen-bond acceptors (Lipinski definition) is 3. The van der Waals surface area contributed by atoms with Crippen LogP contribution in [0.1, 0.15) is 59.1 Å². The van der Waals surface area contributed by atoms with Gasteiger partial charge < -0.3 is 10.3 Å². The van der Waals surface area contributed by atoms with Crippen LogP contribution in [-0.2, 0) is 19.9 Å². The predicted octanol–water partition coefficient (Wildman–Crippen LogP) is 1.82. The summed E-state index contributed by atoms with van der Waals surface area (Å²) in [6, 6.07) is -0.160. The molecule has 0 saturated heterocycles. The molecule has 1 aliphatic carbocycles. The molecule has 1 amide bonds. The molecule has 0 aromatic carbocycles. The topological polar surface area (TPSA) is 75.6 Å². The summed E-state index contributed by atoms with van der Waals surface area (Å²) in [6.07, 6.45) is 6.03. The highest BCUT2D eigenvalue weighted by molar-refractivity contribution is 5.94. The number of carbonyl (C=O) groups excluding carboxylic acids is 1. The van der Waals surface area contributed by atoms with Gasteiger partial charge in [0, 0.05) is 30.2 Å². The Morgan fingerprint density at radius 1 is 1.43 bits per heavy atom. The quantitative estimate of drug-likeness (QED) is 0.904. The lowest BCUT2D eigenvalue weighted by atomic mass is 9.95. The van der Waals surface area contributed by atoms with Crippen molar-refractivity contribution in [2.24, 2.45) is 7.05 Å². The third kappa shape index (κ3) is 2.57. The molecular weight excluding hydrogens is 266 g/mol. The summed E-state index contributed by atoms with van der Waals surface area (Å²) in [7, 11) is 1.92. The molecule has 2 N–H and O–H groups in total. The molecule has 2 aromatic rings. The van der Waals surface area contributed by atoms with Gasteiger partial charge >= 0.3 is 0 Å². The first-order valence-electron chi connectivity index (χ1n) is 7.43. The Labute approximate surface area is 124 Å². The van der Waals surface area contributed by atoms with E-state index in [1.54, 1.807) is 6.20 Å². The number of fused-ring (bicyclic) bond motifs is 1. The number of aryl methyl sites for hydroxylation is 2. The Morgan fingerprint density at radius 3 is 2.90 bits per heavy atom. The summed E-state index contributed by atoms with van der Waals surface area (Å²) in [6.45, 7) is 3.87. The summed E-state index contributed by atoms with van der Waals surface area (Å²) >= 11 is 0. The van der Waals surface area contributed by atoms with Gasteiger partial charge in [-0.1, -0.05) is 0 Å². The lowest BCUT2D eigenvalue weighted by Gasteiger charge is -2.14. The Kier molecular flexibility index (Phi) is 3.53. The molecule has 0 bridgehead atoms. The second-order valence-corrected chi connectivity index (χ2v) is 5.75. The van der Waals surface area contributed by atoms with Gasteiger partial charge in [0.1, 0.15) is 5.82 Å². The van der Waals surface area contributed by atoms with E-state index >= 15 is 0 Å². The maximum Gasteiger partial charge on any atom is 0.272 e. The first kappa shape index (κ1) is 13.9. The number of aromatic nitrogens is 4. The second-order valence-electron chi connectivity index (χ2n) is 5.75. The molecule has 2 heterocycles. The minimum atomic E-state index is -0.160. The molecule has 21 heavy (non-hydrogen) atoms. The van der Waals surface area contributed by atoms with Crippen molar-refractivity contribution < 1.29 is 4.79 Å². The molecule has 112 valence electrons. The van der Waals surface area contributed by atoms with Crippen molar-refractivity contribution in [3.63, 3.8) is 0 Å². The standard InChI is InChI=1S/C15H21N5O/c1-9-8-16-14(17-9)10(2)18-15(21)13-11-6-4-5-7-12(11)20(3)19-13/h8,10H,4-7H2,1-3H3,(H,16,17)(H,18,21)/t10-/m0/s1. The van der Waals surface area contributed by atoms with E-state index in [-0.39, 0.29) is 11.9 Å². The zero-order chi connectivity index (χ0) is 15.0. The van der Waals surface area contributed by atoms with Gasteiger partial charge in [0.25, 0.3) is 5.91 Å². The van der Waals surface area contributed by atoms with Crippen LogP contribution in [0, 0.1) is 6.92 Å². The fourth-order valence-corrected chi connectivity index (χ4v) is 2.94. The van der Waals surface area contributed by atoms with E-state index in [1.807, 2.05) is 25.6 Å². The number of nitrogens with zero attached hydrogens (tertiary/aromatic N) is 3. The van der Waals surface area contributed by atoms with Gasteiger partial charge in [-0.05, 0) is 39.5 Å². The number of imidazole rings is 1. The van der Waals surface area contributed by atoms with Crippen LogP contribution >= 0.6 is 0 Å². The van der Waals surface area contributed by atoms with Crippen molar-refractivity contribution in [2.75, 3.05) is 0 Å². The van der Waals surface area contributed by atoms with Crippen LogP contribution in [0.3, 0.4) is 0 Å². The van der Waals surface area contributed by atoms with Crippen molar-refractivity contribution in [2.45, 2.75) is 45.6 Å². The molecule has 0 radical (unpaired) electrons. The van der Waals surface area contributed by atoms with E-state index in [2.05, 4.69) is 20.4 Å². The number of nitrogens with one attached hydrogen (secondary N) is 2. The van der Waals surface area contributed by atoms with Crippen molar-refractivity contribution in [1.82, 2.24) is 25.1 Å². The number of amides is 1. The molecular formula is C15H21N5O. The maximum atomic E-state index is 12.5. The molecule has 6 heteroatoms. The second kappa shape index (κ2) is 5.35. The average Bonchev–Trinajstić information content (AvgIpc) is 3.04. The molecule has 2 aromatic heterocycles. The third-order valence-corrected chi connectivity index (χ3v) is 4.06. The van der Waals surface area contributed by atoms with Crippen molar-refractivity contribution in [3.05, 3.63) is 34.7 Å². The van der Waals surface area contributed by atoms with Crippen molar-refractivity contribution in [1.29, 1.82) is 0 Å². The predicted molar refractivity (Wildman–Crippen MR) is 79.1 cm³/mol. The van der Waals surface area contributed by atoms with Crippen LogP contribution in [0.5, 0.6) is 0 Å². The van der Waals surface area contributed by atoms with Crippen molar-refractivity contribution in [3.8, 4) is 0 Å². The van der Waals surface area contributed by atoms with Gasteiger partial charge in [-0.25, -0.2) is 4.98 Å². The lowest BCUT2D eigenvalue weighted by molar-refractivity contribution is 0.0931. The average molecular weight is 287 g/mol. The van der Waals surface area contributed by atoms with Gasteiger partial charge in [-0.2, -0.15) is 5.10 Å². The van der Waals surface area contributed by atoms with Crippen LogP contribution in [0.25, 0.3) is 0 Å². The largest absolute Gasteiger partial charge is 0.344 e. The van der Waals surface area contributed by atoms with E-state index < -0.39 is 0 Å². The van der Waals surface area contributed by atoms with E-state index in [9.17, 15) is 4.79 Å². The molecule has 6 nitrogen and oxygen atoms in total. The van der Waals surface area contributed by atoms with E-state index in [4.69, 9.17) is 0 Å². The van der Waals surface area contributed by atoms with Crippen LogP contribution in [0.4, 0.5) is 0 Å². The fraction of sp³-hybridized carbons (Fsp3) is 0.533. The number of rotatable bonds is 3. The monoisotopic (exact) mass is 287 g/mol. The highest BCUT2D eigenvalue weighted by Gasteiger charge is 2.25. The highest BCUT2D eigenvalue weighted by atomic mass is 16.2. The number of H-pyrrole nitrogens is 1. The molecule has 0 unspecified atom stereocenters. The minimum absolute atomic E-state index is 0.115. The molecule has 1 atom stereocenters. The zero-order valence-electron chi connectivity index (χ0n) is 12.7. The fourth-order valence-electron chi connectivity index (χ4n) is 2.94. The Hall–Kier alpha value is -2.11. The van der Waals surface area contributed by atoms with Crippen LogP contribution in [0.15, 0.2) is 6.20 Å². The number of aromatic amines is 1. The lowest BCUT2D eigenvalue weighted by Crippen LogP contribution is -2.28. The third-order valence-electron chi connectivity index (χ3n) is 4.06. The molecule has 0 aliphatic heterocycles. The number of hydrogen-bond donors (Lipinski definition) is 2. The highest BCUT2D eigenvalue weighted by Crippen LogP contribution is 2.24. The Morgan fingerprint density at radius 2 is 2.19 bits per heavy atom. The Bertz CT molecular complexity index is 670. The zero-order valence-corrected chi connectivity index (χ0v) is 12.7. The molecule has 0 saturated carbocycles. The first-order valence-corrected chi connectivity index (χ1v) is 7.43. The molecule has 1 aliphatic rings. The molecule has 0 fully saturated rings. The smallest absolute Gasteiger partial charge is 0.272 e. The summed E-state index contributed by atoms with van der Waals surface area (Å²) < 4.78 is 1.85. The van der Waals surface area contributed by atoms with Crippen LogP contribution < -0.4 is 5.32 Å². The summed E-state index contributed by atoms with van der Waals surface area (Å²) in [5.41, 5.74) is 3.88. The van der Waals surface area contributed by atoms with Gasteiger partial charge in [0.15, 0.2) is 5.69 Å². The SMILES string of the molecule is Cc1cnc([C@H](C)NC(=O)c2nn(C)c3c2CCCC3)[nH]1. The summed E-state index contributed by atoms with van der Waals surface area (Å²) in [5.74, 6) is 0.654. The van der Waals surface area contributed by atoms with Crippen LogP contribution in [0.2, 0.25) is 0 Å². The number of carbonyl (C=O) groups is 1. The van der Waals surface area contributed by atoms with Gasteiger partial charge in [-0.3, -0.25) is 9.48 Å². The Balaban J connectivity index is 1.79. The first-order chi connectivity index (χ1) is 10.1. The van der Waals surface area contributed by atoms with E-state index in [0.29, 0.717) is 5.69 Å². The maximum absolute atomic E-state index is 12.5. The summed E-state index contributed by atoms with van der Waals surface area (Å²) in [5, 5.41) is 7.40. The minimum Gasteiger partial charge on any atom is -0.344 e. The van der Waals surface area contributed by atoms with E-state index in [1.165, 1.54) is 12.1 Å².